The molecule has 4 amide bonds. The number of amides is 4. The average molecular weight is 523 g/mol. The first-order chi connectivity index (χ1) is 18.4. The molecule has 1 N–H and O–H groups in total. The van der Waals surface area contributed by atoms with Crippen LogP contribution in [-0.2, 0) is 14.3 Å². The van der Waals surface area contributed by atoms with Crippen molar-refractivity contribution >= 4 is 29.3 Å². The van der Waals surface area contributed by atoms with Crippen LogP contribution in [0.25, 0.3) is 0 Å². The lowest BCUT2D eigenvalue weighted by atomic mass is 9.87. The highest BCUT2D eigenvalue weighted by Crippen LogP contribution is 2.33. The normalized spacial score (nSPS) is 21.1. The number of carbonyl (C=O) groups excluding carboxylic acids is 4. The van der Waals surface area contributed by atoms with Gasteiger partial charge >= 0.3 is 0 Å². The molecule has 1 aromatic carbocycles. The molecule has 4 rings (SSSR count). The van der Waals surface area contributed by atoms with E-state index in [0.717, 1.165) is 61.5 Å². The number of imide groups is 2. The molecule has 1 aromatic rings. The summed E-state index contributed by atoms with van der Waals surface area (Å²) in [4.78, 5) is 57.7. The van der Waals surface area contributed by atoms with Gasteiger partial charge in [0, 0.05) is 25.4 Å². The molecule has 3 heterocycles. The van der Waals surface area contributed by atoms with Crippen molar-refractivity contribution in [3.05, 3.63) is 47.7 Å². The van der Waals surface area contributed by atoms with Crippen molar-refractivity contribution in [1.82, 2.24) is 15.1 Å². The second-order valence-corrected chi connectivity index (χ2v) is 10.3. The van der Waals surface area contributed by atoms with Gasteiger partial charge in [0.15, 0.2) is 0 Å². The van der Waals surface area contributed by atoms with E-state index >= 15 is 0 Å². The van der Waals surface area contributed by atoms with Gasteiger partial charge in [-0.25, -0.2) is 0 Å². The molecule has 1 unspecified atom stereocenters. The number of hydrogen-bond acceptors (Lipinski definition) is 7. The summed E-state index contributed by atoms with van der Waals surface area (Å²) in [7, 11) is 1.68. The van der Waals surface area contributed by atoms with E-state index in [1.54, 1.807) is 19.4 Å². The van der Waals surface area contributed by atoms with Crippen LogP contribution in [0, 0.1) is 0 Å². The number of aliphatic imine (C=N–C) groups is 1. The van der Waals surface area contributed by atoms with Gasteiger partial charge in [0.2, 0.25) is 11.8 Å². The number of piperidine rings is 2. The molecule has 3 aliphatic heterocycles. The molecule has 204 valence electrons. The molecule has 1 atom stereocenters. The number of benzene rings is 1. The quantitative estimate of drug-likeness (QED) is 0.256. The Morgan fingerprint density at radius 1 is 1.05 bits per heavy atom. The smallest absolute Gasteiger partial charge is 0.262 e. The van der Waals surface area contributed by atoms with Gasteiger partial charge in [-0.1, -0.05) is 25.5 Å². The third kappa shape index (κ3) is 6.45. The first kappa shape index (κ1) is 27.9. The highest BCUT2D eigenvalue weighted by Gasteiger charge is 2.44. The zero-order valence-corrected chi connectivity index (χ0v) is 22.2. The minimum atomic E-state index is -0.931. The van der Waals surface area contributed by atoms with Gasteiger partial charge in [-0.05, 0) is 81.8 Å². The van der Waals surface area contributed by atoms with Crippen molar-refractivity contribution in [3.63, 3.8) is 0 Å². The van der Waals surface area contributed by atoms with Gasteiger partial charge < -0.3 is 9.64 Å². The summed E-state index contributed by atoms with van der Waals surface area (Å²) < 4.78 is 5.18. The largest absolute Gasteiger partial charge is 0.379 e. The molecule has 3 aliphatic rings. The van der Waals surface area contributed by atoms with E-state index in [-0.39, 0.29) is 18.7 Å². The molecule has 0 radical (unpaired) electrons. The monoisotopic (exact) mass is 522 g/mol. The number of carbonyl (C=O) groups is 4. The second-order valence-electron chi connectivity index (χ2n) is 10.3. The maximum atomic E-state index is 13.1. The molecule has 38 heavy (non-hydrogen) atoms. The Bertz CT molecular complexity index is 1110. The van der Waals surface area contributed by atoms with E-state index in [9.17, 15) is 19.2 Å². The van der Waals surface area contributed by atoms with Crippen molar-refractivity contribution in [3.8, 4) is 0 Å². The predicted octanol–water partition coefficient (Wildman–Crippen LogP) is 3.45. The molecule has 9 nitrogen and oxygen atoms in total. The SMILES string of the molecule is C=C/N=C(/CCCCCCN1CCC(c2ccc3c(c2)C(=O)N(C2CCC(=O)NC2=O)C3=O)CC1)COC. The Labute approximate surface area is 224 Å². The van der Waals surface area contributed by atoms with Gasteiger partial charge in [-0.15, -0.1) is 0 Å². The number of methoxy groups -OCH3 is 1. The van der Waals surface area contributed by atoms with Gasteiger partial charge in [0.05, 0.1) is 17.7 Å². The molecule has 2 fully saturated rings. The number of nitrogens with one attached hydrogen (secondary N) is 1. The van der Waals surface area contributed by atoms with E-state index in [1.165, 1.54) is 19.3 Å². The highest BCUT2D eigenvalue weighted by atomic mass is 16.5. The topological polar surface area (TPSA) is 108 Å². The first-order valence-electron chi connectivity index (χ1n) is 13.7. The van der Waals surface area contributed by atoms with Gasteiger partial charge in [-0.2, -0.15) is 0 Å². The molecule has 0 bridgehead atoms. The number of fused-ring (bicyclic) bond motifs is 1. The number of ether oxygens (including phenoxy) is 1. The van der Waals surface area contributed by atoms with Crippen LogP contribution in [0.3, 0.4) is 0 Å². The average Bonchev–Trinajstić information content (AvgIpc) is 3.16. The number of unbranched alkanes of at least 4 members (excludes halogenated alkanes) is 3. The Balaban J connectivity index is 1.23. The number of hydrogen-bond donors (Lipinski definition) is 1. The third-order valence-corrected chi connectivity index (χ3v) is 7.80. The maximum Gasteiger partial charge on any atom is 0.262 e. The summed E-state index contributed by atoms with van der Waals surface area (Å²) in [5.74, 6) is -1.51. The van der Waals surface area contributed by atoms with E-state index in [1.807, 2.05) is 12.1 Å². The van der Waals surface area contributed by atoms with E-state index in [4.69, 9.17) is 4.74 Å². The van der Waals surface area contributed by atoms with Crippen LogP contribution in [0.2, 0.25) is 0 Å². The Kier molecular flexibility index (Phi) is 9.58. The van der Waals surface area contributed by atoms with Crippen LogP contribution in [0.5, 0.6) is 0 Å². The van der Waals surface area contributed by atoms with Gasteiger partial charge in [-0.3, -0.25) is 34.4 Å². The summed E-state index contributed by atoms with van der Waals surface area (Å²) in [5, 5.41) is 2.24. The van der Waals surface area contributed by atoms with Crippen molar-refractivity contribution in [2.45, 2.75) is 69.7 Å². The summed E-state index contributed by atoms with van der Waals surface area (Å²) in [6.07, 6.45) is 9.49. The maximum absolute atomic E-state index is 13.1. The second kappa shape index (κ2) is 13.1. The van der Waals surface area contributed by atoms with Crippen molar-refractivity contribution < 1.29 is 23.9 Å². The molecular formula is C29H38N4O5. The number of rotatable bonds is 12. The lowest BCUT2D eigenvalue weighted by molar-refractivity contribution is -0.136. The highest BCUT2D eigenvalue weighted by molar-refractivity contribution is 6.23. The van der Waals surface area contributed by atoms with Crippen LogP contribution in [0.15, 0.2) is 36.0 Å². The van der Waals surface area contributed by atoms with Crippen LogP contribution in [0.4, 0.5) is 0 Å². The van der Waals surface area contributed by atoms with Crippen molar-refractivity contribution in [2.75, 3.05) is 33.4 Å². The third-order valence-electron chi connectivity index (χ3n) is 7.80. The van der Waals surface area contributed by atoms with Gasteiger partial charge in [0.1, 0.15) is 6.04 Å². The minimum absolute atomic E-state index is 0.119. The van der Waals surface area contributed by atoms with Crippen LogP contribution in [0.1, 0.15) is 90.0 Å². The lowest BCUT2D eigenvalue weighted by Crippen LogP contribution is -2.54. The van der Waals surface area contributed by atoms with Crippen molar-refractivity contribution in [2.24, 2.45) is 4.99 Å². The Morgan fingerprint density at radius 3 is 2.50 bits per heavy atom. The molecule has 0 aliphatic carbocycles. The molecule has 9 heteroatoms. The van der Waals surface area contributed by atoms with Gasteiger partial charge in [0.25, 0.3) is 11.8 Å². The molecule has 0 saturated carbocycles. The fourth-order valence-corrected chi connectivity index (χ4v) is 5.72. The molecular weight excluding hydrogens is 484 g/mol. The van der Waals surface area contributed by atoms with E-state index in [0.29, 0.717) is 23.7 Å². The predicted molar refractivity (Wildman–Crippen MR) is 144 cm³/mol. The number of likely N-dealkylation sites (tertiary alicyclic amines) is 1. The molecule has 0 aromatic heterocycles. The fourth-order valence-electron chi connectivity index (χ4n) is 5.72. The minimum Gasteiger partial charge on any atom is -0.379 e. The summed E-state index contributed by atoms with van der Waals surface area (Å²) in [5.41, 5.74) is 2.83. The van der Waals surface area contributed by atoms with Crippen LogP contribution < -0.4 is 5.32 Å². The standard InChI is InChI=1S/C29H38N4O5/c1-3-30-22(19-38-2)8-6-4-5-7-15-32-16-13-20(14-17-32)21-9-10-23-24(18-21)29(37)33(28(23)36)25-11-12-26(34)31-27(25)35/h3,9-10,18,20,25H,1,4-8,11-17,19H2,2H3,(H,31,34,35)/b30-22-. The fraction of sp³-hybridized carbons (Fsp3) is 0.552. The molecule has 0 spiro atoms. The first-order valence-corrected chi connectivity index (χ1v) is 13.7. The zero-order chi connectivity index (χ0) is 27.1. The molecule has 2 saturated heterocycles. The summed E-state index contributed by atoms with van der Waals surface area (Å²) in [6.45, 7) is 7.35. The summed E-state index contributed by atoms with van der Waals surface area (Å²) >= 11 is 0. The zero-order valence-electron chi connectivity index (χ0n) is 22.2. The van der Waals surface area contributed by atoms with Crippen LogP contribution >= 0.6 is 0 Å². The van der Waals surface area contributed by atoms with E-state index < -0.39 is 23.8 Å². The Morgan fingerprint density at radius 2 is 1.79 bits per heavy atom. The van der Waals surface area contributed by atoms with Crippen LogP contribution in [-0.4, -0.2) is 78.5 Å². The number of nitrogens with zero attached hydrogens (tertiary/aromatic N) is 3. The summed E-state index contributed by atoms with van der Waals surface area (Å²) in [6, 6.07) is 4.58. The van der Waals surface area contributed by atoms with Crippen molar-refractivity contribution in [1.29, 1.82) is 0 Å². The Hall–Kier alpha value is -3.17. The van der Waals surface area contributed by atoms with E-state index in [2.05, 4.69) is 21.8 Å². The lowest BCUT2D eigenvalue weighted by Gasteiger charge is -2.32.